The van der Waals surface area contributed by atoms with Gasteiger partial charge in [-0.15, -0.1) is 5.10 Å². The minimum atomic E-state index is -4.24. The molecular formula is C29H38N8O4S. The zero-order valence-corrected chi connectivity index (χ0v) is 24.9. The Kier molecular flexibility index (Phi) is 7.79. The number of nitrogens with one attached hydrogen (secondary N) is 3. The SMILES string of the molecule is CC1(C)CC2CN1c1nc(-n3ccc(OCC4CCCC4)n3)ccc1C(=O)NS(=O)(=O)c1cccc(n1)NCCCN2. The van der Waals surface area contributed by atoms with Crippen molar-refractivity contribution in [2.75, 3.05) is 36.5 Å². The maximum atomic E-state index is 13.6. The zero-order valence-electron chi connectivity index (χ0n) is 24.0. The molecule has 224 valence electrons. The van der Waals surface area contributed by atoms with E-state index in [-0.39, 0.29) is 22.2 Å². The van der Waals surface area contributed by atoms with Crippen LogP contribution in [0.25, 0.3) is 5.82 Å². The summed E-state index contributed by atoms with van der Waals surface area (Å²) in [6, 6.07) is 9.92. The van der Waals surface area contributed by atoms with Crippen molar-refractivity contribution in [1.82, 2.24) is 29.8 Å². The lowest BCUT2D eigenvalue weighted by atomic mass is 9.99. The Morgan fingerprint density at radius 2 is 1.88 bits per heavy atom. The summed E-state index contributed by atoms with van der Waals surface area (Å²) in [6.45, 7) is 6.87. The molecule has 13 heteroatoms. The van der Waals surface area contributed by atoms with Gasteiger partial charge < -0.3 is 20.3 Å². The number of nitrogens with zero attached hydrogens (tertiary/aromatic N) is 5. The summed E-state index contributed by atoms with van der Waals surface area (Å²) in [6.07, 6.45) is 8.31. The normalized spacial score (nSPS) is 22.3. The van der Waals surface area contributed by atoms with E-state index in [1.54, 1.807) is 35.1 Å². The molecule has 1 aliphatic carbocycles. The van der Waals surface area contributed by atoms with Gasteiger partial charge in [0.1, 0.15) is 11.6 Å². The number of carbonyl (C=O) groups excluding carboxylic acids is 1. The summed E-state index contributed by atoms with van der Waals surface area (Å²) < 4.78 is 36.2. The summed E-state index contributed by atoms with van der Waals surface area (Å²) in [4.78, 5) is 24.8. The Morgan fingerprint density at radius 1 is 1.05 bits per heavy atom. The maximum Gasteiger partial charge on any atom is 0.281 e. The molecule has 0 aromatic carbocycles. The van der Waals surface area contributed by atoms with Crippen LogP contribution >= 0.6 is 0 Å². The Morgan fingerprint density at radius 3 is 2.71 bits per heavy atom. The molecule has 1 atom stereocenters. The third-order valence-corrected chi connectivity index (χ3v) is 9.53. The summed E-state index contributed by atoms with van der Waals surface area (Å²) in [5.41, 5.74) is -0.195. The molecule has 1 saturated carbocycles. The second-order valence-corrected chi connectivity index (χ2v) is 13.6. The van der Waals surface area contributed by atoms with Crippen molar-refractivity contribution >= 4 is 27.6 Å². The monoisotopic (exact) mass is 594 g/mol. The van der Waals surface area contributed by atoms with Crippen molar-refractivity contribution in [1.29, 1.82) is 0 Å². The number of ether oxygens (including phenoxy) is 1. The molecule has 3 aromatic heterocycles. The first-order valence-corrected chi connectivity index (χ1v) is 16.2. The van der Waals surface area contributed by atoms with Crippen LogP contribution < -0.4 is 25.0 Å². The fourth-order valence-corrected chi connectivity index (χ4v) is 7.03. The molecule has 0 spiro atoms. The Hall–Kier alpha value is -3.71. The van der Waals surface area contributed by atoms with Crippen LogP contribution in [0.5, 0.6) is 5.88 Å². The van der Waals surface area contributed by atoms with Crippen LogP contribution in [0, 0.1) is 5.92 Å². The minimum absolute atomic E-state index is 0.155. The quantitative estimate of drug-likeness (QED) is 0.412. The highest BCUT2D eigenvalue weighted by Gasteiger charge is 2.41. The second kappa shape index (κ2) is 11.5. The van der Waals surface area contributed by atoms with E-state index in [0.29, 0.717) is 48.9 Å². The Balaban J connectivity index is 1.34. The smallest absolute Gasteiger partial charge is 0.281 e. The van der Waals surface area contributed by atoms with Crippen molar-refractivity contribution in [3.8, 4) is 11.7 Å². The lowest BCUT2D eigenvalue weighted by Crippen LogP contribution is -2.41. The van der Waals surface area contributed by atoms with Crippen LogP contribution in [0.2, 0.25) is 0 Å². The number of sulfonamides is 1. The molecule has 5 heterocycles. The highest BCUT2D eigenvalue weighted by atomic mass is 32.2. The number of hydrogen-bond acceptors (Lipinski definition) is 10. The zero-order chi connectivity index (χ0) is 29.3. The molecule has 2 fully saturated rings. The predicted octanol–water partition coefficient (Wildman–Crippen LogP) is 3.11. The molecule has 3 aromatic rings. The minimum Gasteiger partial charge on any atom is -0.476 e. The Bertz CT molecular complexity index is 1550. The van der Waals surface area contributed by atoms with E-state index < -0.39 is 15.9 Å². The van der Waals surface area contributed by atoms with Gasteiger partial charge in [-0.1, -0.05) is 18.9 Å². The van der Waals surface area contributed by atoms with Gasteiger partial charge in [0.15, 0.2) is 10.8 Å². The van der Waals surface area contributed by atoms with Crippen LogP contribution in [0.3, 0.4) is 0 Å². The first kappa shape index (κ1) is 28.4. The second-order valence-electron chi connectivity index (χ2n) is 12.0. The van der Waals surface area contributed by atoms with E-state index >= 15 is 0 Å². The van der Waals surface area contributed by atoms with Crippen molar-refractivity contribution in [3.63, 3.8) is 0 Å². The summed E-state index contributed by atoms with van der Waals surface area (Å²) in [7, 11) is -4.24. The standard InChI is InChI=1S/C29H38N8O4S/c1-29(2)17-21-18-36(29)27-22(11-12-24(33-27)37-16-13-25(34-37)41-19-20-7-3-4-8-20)28(38)35-42(39,40)26-10-5-9-23(32-26)31-15-6-14-30-21/h5,9-13,16,20-21,30H,3-4,6-8,14-15,17-19H2,1-2H3,(H,31,32)(H,35,38). The number of rotatable bonds is 4. The number of carbonyl (C=O) groups is 1. The Labute approximate surface area is 246 Å². The number of hydrogen-bond donors (Lipinski definition) is 3. The molecule has 1 saturated heterocycles. The van der Waals surface area contributed by atoms with E-state index in [4.69, 9.17) is 9.72 Å². The van der Waals surface area contributed by atoms with Crippen LogP contribution in [-0.2, 0) is 10.0 Å². The first-order chi connectivity index (χ1) is 20.2. The van der Waals surface area contributed by atoms with Crippen LogP contribution in [-0.4, -0.2) is 71.9 Å². The molecule has 2 aliphatic heterocycles. The van der Waals surface area contributed by atoms with Gasteiger partial charge in [0, 0.05) is 36.9 Å². The predicted molar refractivity (Wildman–Crippen MR) is 159 cm³/mol. The van der Waals surface area contributed by atoms with Crippen molar-refractivity contribution in [2.45, 2.75) is 69.0 Å². The fourth-order valence-electron chi connectivity index (χ4n) is 6.10. The number of aromatic nitrogens is 4. The van der Waals surface area contributed by atoms with Gasteiger partial charge in [-0.3, -0.25) is 4.79 Å². The van der Waals surface area contributed by atoms with E-state index in [0.717, 1.165) is 19.4 Å². The van der Waals surface area contributed by atoms with Crippen LogP contribution in [0.4, 0.5) is 11.6 Å². The van der Waals surface area contributed by atoms with Gasteiger partial charge in [0.05, 0.1) is 12.2 Å². The topological polar surface area (TPSA) is 143 Å². The van der Waals surface area contributed by atoms with E-state index in [1.165, 1.54) is 31.7 Å². The van der Waals surface area contributed by atoms with Gasteiger partial charge >= 0.3 is 0 Å². The molecule has 3 N–H and O–H groups in total. The number of anilines is 2. The van der Waals surface area contributed by atoms with E-state index in [9.17, 15) is 13.2 Å². The van der Waals surface area contributed by atoms with Gasteiger partial charge in [0.25, 0.3) is 15.9 Å². The van der Waals surface area contributed by atoms with Crippen LogP contribution in [0.15, 0.2) is 47.6 Å². The third-order valence-electron chi connectivity index (χ3n) is 8.30. The molecule has 1 unspecified atom stereocenters. The fraction of sp³-hybridized carbons (Fsp3) is 0.517. The third kappa shape index (κ3) is 6.07. The molecule has 42 heavy (non-hydrogen) atoms. The van der Waals surface area contributed by atoms with Crippen LogP contribution in [0.1, 0.15) is 62.7 Å². The molecule has 0 radical (unpaired) electrons. The molecule has 6 rings (SSSR count). The molecule has 3 aliphatic rings. The molecule has 1 amide bonds. The number of fused-ring (bicyclic) bond motifs is 6. The molecule has 4 bridgehead atoms. The maximum absolute atomic E-state index is 13.6. The highest BCUT2D eigenvalue weighted by Crippen LogP contribution is 2.35. The van der Waals surface area contributed by atoms with Gasteiger partial charge in [0.2, 0.25) is 5.88 Å². The lowest BCUT2D eigenvalue weighted by molar-refractivity contribution is 0.0981. The number of amides is 1. The summed E-state index contributed by atoms with van der Waals surface area (Å²) in [5.74, 6) is 1.65. The van der Waals surface area contributed by atoms with Gasteiger partial charge in [-0.05, 0) is 76.3 Å². The van der Waals surface area contributed by atoms with E-state index in [1.807, 2.05) is 6.07 Å². The van der Waals surface area contributed by atoms with E-state index in [2.05, 4.69) is 44.2 Å². The average Bonchev–Trinajstić information content (AvgIpc) is 3.71. The van der Waals surface area contributed by atoms with Crippen molar-refractivity contribution < 1.29 is 17.9 Å². The lowest BCUT2D eigenvalue weighted by Gasteiger charge is -2.33. The molecular weight excluding hydrogens is 556 g/mol. The van der Waals surface area contributed by atoms with Crippen molar-refractivity contribution in [3.05, 3.63) is 48.2 Å². The largest absolute Gasteiger partial charge is 0.476 e. The summed E-state index contributed by atoms with van der Waals surface area (Å²) in [5, 5.41) is 11.2. The average molecular weight is 595 g/mol. The van der Waals surface area contributed by atoms with Gasteiger partial charge in [-0.2, -0.15) is 8.42 Å². The number of pyridine rings is 2. The van der Waals surface area contributed by atoms with Gasteiger partial charge in [-0.25, -0.2) is 19.4 Å². The first-order valence-electron chi connectivity index (χ1n) is 14.7. The highest BCUT2D eigenvalue weighted by molar-refractivity contribution is 7.90. The molecule has 12 nitrogen and oxygen atoms in total. The summed E-state index contributed by atoms with van der Waals surface area (Å²) >= 11 is 0. The van der Waals surface area contributed by atoms with Crippen molar-refractivity contribution in [2.24, 2.45) is 5.92 Å².